The monoisotopic (exact) mass is 564 g/mol. The van der Waals surface area contributed by atoms with E-state index in [2.05, 4.69) is 16.9 Å². The van der Waals surface area contributed by atoms with Crippen molar-refractivity contribution in [3.05, 3.63) is 38.7 Å². The van der Waals surface area contributed by atoms with Crippen molar-refractivity contribution in [3.8, 4) is 0 Å². The third kappa shape index (κ3) is 5.86. The van der Waals surface area contributed by atoms with Crippen LogP contribution in [0.1, 0.15) is 80.8 Å². The first-order valence-electron chi connectivity index (χ1n) is 13.0. The quantitative estimate of drug-likeness (QED) is 0.543. The Kier molecular flexibility index (Phi) is 8.15. The zero-order valence-corrected chi connectivity index (χ0v) is 23.9. The molecule has 1 amide bonds. The number of sulfonamides is 1. The summed E-state index contributed by atoms with van der Waals surface area (Å²) in [6.45, 7) is 8.55. The molecule has 1 saturated heterocycles. The van der Waals surface area contributed by atoms with E-state index in [4.69, 9.17) is 0 Å². The molecule has 3 heterocycles. The molecule has 208 valence electrons. The van der Waals surface area contributed by atoms with Gasteiger partial charge in [-0.15, -0.1) is 11.3 Å². The number of nitrogens with one attached hydrogen (secondary N) is 1. The van der Waals surface area contributed by atoms with Crippen LogP contribution in [0.3, 0.4) is 0 Å². The molecule has 0 atom stereocenters. The summed E-state index contributed by atoms with van der Waals surface area (Å²) < 4.78 is 27.6. The minimum Gasteiger partial charge on any atom is -0.477 e. The Morgan fingerprint density at radius 1 is 1.13 bits per heavy atom. The van der Waals surface area contributed by atoms with E-state index in [0.29, 0.717) is 24.4 Å². The minimum atomic E-state index is -3.87. The van der Waals surface area contributed by atoms with Crippen LogP contribution in [-0.2, 0) is 20.2 Å². The predicted octanol–water partition coefficient (Wildman–Crippen LogP) is 3.84. The smallest absolute Gasteiger partial charge is 0.348 e. The Bertz CT molecular complexity index is 1320. The van der Waals surface area contributed by atoms with Crippen molar-refractivity contribution in [1.82, 2.24) is 14.3 Å². The van der Waals surface area contributed by atoms with Gasteiger partial charge in [-0.3, -0.25) is 4.79 Å². The highest BCUT2D eigenvalue weighted by atomic mass is 32.2. The number of piperidine rings is 1. The number of carbonyl (C=O) groups is 2. The molecule has 0 spiro atoms. The minimum absolute atomic E-state index is 0.0659. The maximum Gasteiger partial charge on any atom is 0.348 e. The van der Waals surface area contributed by atoms with Gasteiger partial charge in [0, 0.05) is 36.1 Å². The summed E-state index contributed by atoms with van der Waals surface area (Å²) >= 11 is 1.20. The molecule has 0 aromatic carbocycles. The summed E-state index contributed by atoms with van der Waals surface area (Å²) in [5, 5.41) is 10.1. The molecule has 2 N–H and O–H groups in total. The molecule has 12 heteroatoms. The second kappa shape index (κ2) is 10.9. The standard InChI is InChI=1S/C26H36N4O6S2/c1-16-5-7-17(8-6-16)23(31)30(20-13-21(26(2,3)4)37-22(20)24(32)33)18-9-11-29(12-10-18)38(35,36)19-14-27-25(34)28-15-19/h13-18H,5-12H2,1-4H3,(H,32,33)(H,27,28,34). The van der Waals surface area contributed by atoms with E-state index in [1.165, 1.54) is 15.6 Å². The number of aromatic carboxylic acids is 1. The first-order valence-corrected chi connectivity index (χ1v) is 15.3. The van der Waals surface area contributed by atoms with Crippen molar-refractivity contribution >= 4 is 38.9 Å². The summed E-state index contributed by atoms with van der Waals surface area (Å²) in [6.07, 6.45) is 6.35. The van der Waals surface area contributed by atoms with Gasteiger partial charge >= 0.3 is 11.7 Å². The van der Waals surface area contributed by atoms with Crippen LogP contribution >= 0.6 is 11.3 Å². The molecule has 1 aliphatic carbocycles. The number of aromatic amines is 1. The predicted molar refractivity (Wildman–Crippen MR) is 145 cm³/mol. The van der Waals surface area contributed by atoms with Gasteiger partial charge in [0.15, 0.2) is 0 Å². The first kappa shape index (κ1) is 28.4. The highest BCUT2D eigenvalue weighted by Gasteiger charge is 2.39. The molecule has 10 nitrogen and oxygen atoms in total. The lowest BCUT2D eigenvalue weighted by Gasteiger charge is -2.40. The van der Waals surface area contributed by atoms with Crippen LogP contribution in [-0.4, -0.2) is 58.8 Å². The van der Waals surface area contributed by atoms with Crippen molar-refractivity contribution in [2.24, 2.45) is 11.8 Å². The van der Waals surface area contributed by atoms with Gasteiger partial charge in [0.25, 0.3) is 0 Å². The summed E-state index contributed by atoms with van der Waals surface area (Å²) in [7, 11) is -3.87. The Labute approximate surface area is 227 Å². The zero-order chi connectivity index (χ0) is 27.8. The number of thiophene rings is 1. The lowest BCUT2D eigenvalue weighted by atomic mass is 9.82. The molecular weight excluding hydrogens is 528 g/mol. The van der Waals surface area contributed by atoms with E-state index in [1.807, 2.05) is 26.8 Å². The largest absolute Gasteiger partial charge is 0.477 e. The molecule has 38 heavy (non-hydrogen) atoms. The number of rotatable bonds is 6. The van der Waals surface area contributed by atoms with Gasteiger partial charge in [0.2, 0.25) is 15.9 Å². The van der Waals surface area contributed by atoms with Crippen LogP contribution in [0.5, 0.6) is 0 Å². The van der Waals surface area contributed by atoms with Gasteiger partial charge in [-0.25, -0.2) is 23.0 Å². The van der Waals surface area contributed by atoms with E-state index >= 15 is 0 Å². The lowest BCUT2D eigenvalue weighted by molar-refractivity contribution is -0.124. The van der Waals surface area contributed by atoms with Crippen LogP contribution < -0.4 is 10.6 Å². The second-order valence-electron chi connectivity index (χ2n) is 11.4. The topological polar surface area (TPSA) is 141 Å². The number of carboxylic acids is 1. The summed E-state index contributed by atoms with van der Waals surface area (Å²) in [5.41, 5.74) is -0.500. The number of amides is 1. The normalized spacial score (nSPS) is 21.8. The number of hydrogen-bond acceptors (Lipinski definition) is 7. The Hall–Kier alpha value is -2.57. The highest BCUT2D eigenvalue weighted by Crippen LogP contribution is 2.41. The van der Waals surface area contributed by atoms with E-state index in [0.717, 1.165) is 43.0 Å². The van der Waals surface area contributed by atoms with Crippen LogP contribution in [0, 0.1) is 11.8 Å². The first-order chi connectivity index (χ1) is 17.8. The fourth-order valence-electron chi connectivity index (χ4n) is 5.24. The van der Waals surface area contributed by atoms with Gasteiger partial charge in [-0.1, -0.05) is 27.7 Å². The van der Waals surface area contributed by atoms with Gasteiger partial charge in [0.05, 0.1) is 11.9 Å². The number of carbonyl (C=O) groups excluding carboxylic acids is 1. The molecule has 0 bridgehead atoms. The molecule has 2 aromatic rings. The van der Waals surface area contributed by atoms with Gasteiger partial charge in [-0.2, -0.15) is 4.31 Å². The molecule has 1 saturated carbocycles. The number of H-pyrrole nitrogens is 1. The van der Waals surface area contributed by atoms with E-state index in [-0.39, 0.29) is 46.1 Å². The van der Waals surface area contributed by atoms with Crippen molar-refractivity contribution in [3.63, 3.8) is 0 Å². The molecular formula is C26H36N4O6S2. The van der Waals surface area contributed by atoms with Crippen molar-refractivity contribution in [2.45, 2.75) is 82.6 Å². The average Bonchev–Trinajstić information content (AvgIpc) is 3.31. The Balaban J connectivity index is 1.65. The summed E-state index contributed by atoms with van der Waals surface area (Å²) in [4.78, 5) is 46.1. The van der Waals surface area contributed by atoms with E-state index in [1.54, 1.807) is 4.90 Å². The fourth-order valence-corrected chi connectivity index (χ4v) is 7.67. The number of aromatic nitrogens is 2. The molecule has 2 fully saturated rings. The molecule has 4 rings (SSSR count). The summed E-state index contributed by atoms with van der Waals surface area (Å²) in [6, 6.07) is 1.51. The van der Waals surface area contributed by atoms with Crippen LogP contribution in [0.4, 0.5) is 5.69 Å². The molecule has 1 aliphatic heterocycles. The zero-order valence-electron chi connectivity index (χ0n) is 22.3. The van der Waals surface area contributed by atoms with Gasteiger partial charge in [0.1, 0.15) is 9.77 Å². The molecule has 2 aliphatic rings. The van der Waals surface area contributed by atoms with Crippen molar-refractivity contribution in [2.75, 3.05) is 18.0 Å². The van der Waals surface area contributed by atoms with E-state index in [9.17, 15) is 27.9 Å². The van der Waals surface area contributed by atoms with E-state index < -0.39 is 21.7 Å². The third-order valence-electron chi connectivity index (χ3n) is 7.58. The SMILES string of the molecule is CC1CCC(C(=O)N(c2cc(C(C)(C)C)sc2C(=O)O)C2CCN(S(=O)(=O)c3cnc(=O)[nH]c3)CC2)CC1. The van der Waals surface area contributed by atoms with Crippen molar-refractivity contribution in [1.29, 1.82) is 0 Å². The van der Waals surface area contributed by atoms with Gasteiger partial charge in [-0.05, 0) is 55.9 Å². The maximum atomic E-state index is 14.0. The average molecular weight is 565 g/mol. The molecule has 0 radical (unpaired) electrons. The number of carboxylic acid groups (broad SMARTS) is 1. The highest BCUT2D eigenvalue weighted by molar-refractivity contribution is 7.89. The molecule has 2 aromatic heterocycles. The van der Waals surface area contributed by atoms with Crippen LogP contribution in [0.25, 0.3) is 0 Å². The number of hydrogen-bond donors (Lipinski definition) is 2. The maximum absolute atomic E-state index is 14.0. The number of anilines is 1. The van der Waals surface area contributed by atoms with Crippen LogP contribution in [0.2, 0.25) is 0 Å². The van der Waals surface area contributed by atoms with Crippen LogP contribution in [0.15, 0.2) is 28.2 Å². The van der Waals surface area contributed by atoms with Gasteiger partial charge < -0.3 is 15.0 Å². The fraction of sp³-hybridized carbons (Fsp3) is 0.615. The molecule has 0 unspecified atom stereocenters. The second-order valence-corrected chi connectivity index (χ2v) is 14.4. The Morgan fingerprint density at radius 2 is 1.76 bits per heavy atom. The number of nitrogens with zero attached hydrogens (tertiary/aromatic N) is 3. The van der Waals surface area contributed by atoms with Crippen molar-refractivity contribution < 1.29 is 23.1 Å². The Morgan fingerprint density at radius 3 is 2.29 bits per heavy atom. The summed E-state index contributed by atoms with van der Waals surface area (Å²) in [5.74, 6) is -0.753. The third-order valence-corrected chi connectivity index (χ3v) is 11.0. The lowest BCUT2D eigenvalue weighted by Crippen LogP contribution is -2.51.